The van der Waals surface area contributed by atoms with Crippen molar-refractivity contribution in [2.75, 3.05) is 12.4 Å². The molecule has 0 amide bonds. The second-order valence-corrected chi connectivity index (χ2v) is 4.49. The molecule has 1 aromatic rings. The molecule has 2 N–H and O–H groups in total. The number of hydrogen-bond acceptors (Lipinski definition) is 4. The van der Waals surface area contributed by atoms with Gasteiger partial charge in [0, 0.05) is 6.20 Å². The fourth-order valence-electron chi connectivity index (χ4n) is 0.883. The van der Waals surface area contributed by atoms with Gasteiger partial charge in [-0.3, -0.25) is 4.98 Å². The molecule has 0 fully saturated rings. The van der Waals surface area contributed by atoms with Crippen LogP contribution in [0.2, 0.25) is 0 Å². The van der Waals surface area contributed by atoms with Gasteiger partial charge >= 0.3 is 0 Å². The lowest BCUT2D eigenvalue weighted by molar-refractivity contribution is 0.316. The molecule has 78 valence electrons. The highest BCUT2D eigenvalue weighted by Gasteiger charge is 2.01. The highest BCUT2D eigenvalue weighted by Crippen LogP contribution is 2.06. The van der Waals surface area contributed by atoms with E-state index in [1.165, 1.54) is 0 Å². The van der Waals surface area contributed by atoms with E-state index >= 15 is 0 Å². The predicted octanol–water partition coefficient (Wildman–Crippen LogP) is 0.139. The minimum Gasteiger partial charge on any atom is -0.492 e. The topological polar surface area (TPSA) is 82.3 Å². The molecule has 1 heterocycles. The smallest absolute Gasteiger partial charge is 0.209 e. The predicted molar refractivity (Wildman–Crippen MR) is 52.3 cm³/mol. The van der Waals surface area contributed by atoms with E-state index in [-0.39, 0.29) is 5.75 Å². The van der Waals surface area contributed by atoms with Crippen molar-refractivity contribution in [3.8, 4) is 5.75 Å². The minimum absolute atomic E-state index is 0.0622. The summed E-state index contributed by atoms with van der Waals surface area (Å²) in [6.07, 6.45) is 3.59. The molecule has 0 aliphatic carbocycles. The van der Waals surface area contributed by atoms with Gasteiger partial charge in [0.25, 0.3) is 0 Å². The zero-order valence-electron chi connectivity index (χ0n) is 7.59. The van der Waals surface area contributed by atoms with Gasteiger partial charge in [0.1, 0.15) is 5.75 Å². The van der Waals surface area contributed by atoms with Crippen molar-refractivity contribution < 1.29 is 13.2 Å². The number of rotatable bonds is 5. The van der Waals surface area contributed by atoms with Gasteiger partial charge in [0.15, 0.2) is 0 Å². The first-order valence-corrected chi connectivity index (χ1v) is 5.83. The molecule has 0 spiro atoms. The summed E-state index contributed by atoms with van der Waals surface area (Å²) in [5.74, 6) is 0.565. The maximum absolute atomic E-state index is 10.6. The lowest BCUT2D eigenvalue weighted by Gasteiger charge is -2.03. The van der Waals surface area contributed by atoms with Crippen LogP contribution in [0.1, 0.15) is 6.42 Å². The average Bonchev–Trinajstić information content (AvgIpc) is 2.13. The Kier molecular flexibility index (Phi) is 3.84. The molecular weight excluding hydrogens is 204 g/mol. The summed E-state index contributed by atoms with van der Waals surface area (Å²) in [5, 5.41) is 4.82. The van der Waals surface area contributed by atoms with E-state index in [0.29, 0.717) is 18.8 Å². The Labute approximate surface area is 83.0 Å². The number of pyridine rings is 1. The molecule has 6 heteroatoms. The van der Waals surface area contributed by atoms with Gasteiger partial charge in [-0.1, -0.05) is 0 Å². The molecule has 0 saturated carbocycles. The van der Waals surface area contributed by atoms with Crippen LogP contribution in [0.15, 0.2) is 24.5 Å². The first-order valence-electron chi connectivity index (χ1n) is 4.11. The highest BCUT2D eigenvalue weighted by atomic mass is 32.2. The third-order valence-corrected chi connectivity index (χ3v) is 2.33. The van der Waals surface area contributed by atoms with Crippen molar-refractivity contribution >= 4 is 10.0 Å². The lowest BCUT2D eigenvalue weighted by Crippen LogP contribution is -2.18. The Morgan fingerprint density at radius 2 is 2.29 bits per heavy atom. The molecule has 0 radical (unpaired) electrons. The molecule has 0 saturated heterocycles. The van der Waals surface area contributed by atoms with Gasteiger partial charge in [-0.05, 0) is 18.6 Å². The third kappa shape index (κ3) is 4.78. The Hall–Kier alpha value is -1.14. The maximum Gasteiger partial charge on any atom is 0.209 e. The Morgan fingerprint density at radius 3 is 2.86 bits per heavy atom. The lowest BCUT2D eigenvalue weighted by atomic mass is 10.4. The minimum atomic E-state index is -3.37. The van der Waals surface area contributed by atoms with Crippen LogP contribution in [0, 0.1) is 0 Å². The standard InChI is InChI=1S/C8H12N2O3S/c9-14(11,12)6-2-5-13-8-3-1-4-10-7-8/h1,3-4,7H,2,5-6H2,(H2,9,11,12). The number of nitrogens with zero attached hydrogens (tertiary/aromatic N) is 1. The fourth-order valence-corrected chi connectivity index (χ4v) is 1.40. The molecule has 14 heavy (non-hydrogen) atoms. The van der Waals surface area contributed by atoms with E-state index in [1.54, 1.807) is 24.5 Å². The molecule has 1 aromatic heterocycles. The molecule has 0 aromatic carbocycles. The van der Waals surface area contributed by atoms with Crippen LogP contribution in [0.3, 0.4) is 0 Å². The molecule has 0 aliphatic heterocycles. The Morgan fingerprint density at radius 1 is 1.50 bits per heavy atom. The average molecular weight is 216 g/mol. The van der Waals surface area contributed by atoms with Gasteiger partial charge < -0.3 is 4.74 Å². The first kappa shape index (κ1) is 10.9. The molecule has 0 atom stereocenters. The largest absolute Gasteiger partial charge is 0.492 e. The van der Waals surface area contributed by atoms with Gasteiger partial charge in [0.2, 0.25) is 10.0 Å². The van der Waals surface area contributed by atoms with E-state index in [4.69, 9.17) is 9.88 Å². The zero-order chi connectivity index (χ0) is 10.4. The molecule has 0 unspecified atom stereocenters. The first-order chi connectivity index (χ1) is 6.58. The third-order valence-electron chi connectivity index (χ3n) is 1.48. The summed E-state index contributed by atoms with van der Waals surface area (Å²) in [5.41, 5.74) is 0. The summed E-state index contributed by atoms with van der Waals surface area (Å²) in [4.78, 5) is 3.84. The van der Waals surface area contributed by atoms with Crippen LogP contribution in [0.4, 0.5) is 0 Å². The van der Waals surface area contributed by atoms with Gasteiger partial charge in [-0.2, -0.15) is 0 Å². The van der Waals surface area contributed by atoms with Crippen LogP contribution in [-0.4, -0.2) is 25.8 Å². The van der Waals surface area contributed by atoms with Gasteiger partial charge in [-0.15, -0.1) is 0 Å². The van der Waals surface area contributed by atoms with Crippen molar-refractivity contribution in [1.82, 2.24) is 4.98 Å². The summed E-state index contributed by atoms with van der Waals surface area (Å²) >= 11 is 0. The second kappa shape index (κ2) is 4.92. The number of hydrogen-bond donors (Lipinski definition) is 1. The number of nitrogens with two attached hydrogens (primary N) is 1. The van der Waals surface area contributed by atoms with E-state index in [2.05, 4.69) is 4.98 Å². The van der Waals surface area contributed by atoms with E-state index in [9.17, 15) is 8.42 Å². The van der Waals surface area contributed by atoms with Gasteiger partial charge in [-0.25, -0.2) is 13.6 Å². The molecule has 1 rings (SSSR count). The molecule has 0 bridgehead atoms. The summed E-state index contributed by atoms with van der Waals surface area (Å²) in [6.45, 7) is 0.322. The number of primary sulfonamides is 1. The van der Waals surface area contributed by atoms with Crippen molar-refractivity contribution in [3.63, 3.8) is 0 Å². The van der Waals surface area contributed by atoms with Crippen LogP contribution in [0.5, 0.6) is 5.75 Å². The van der Waals surface area contributed by atoms with Crippen molar-refractivity contribution in [1.29, 1.82) is 0 Å². The summed E-state index contributed by atoms with van der Waals surface area (Å²) in [6, 6.07) is 3.50. The second-order valence-electron chi connectivity index (χ2n) is 2.76. The fraction of sp³-hybridized carbons (Fsp3) is 0.375. The van der Waals surface area contributed by atoms with E-state index < -0.39 is 10.0 Å². The van der Waals surface area contributed by atoms with Crippen LogP contribution in [0.25, 0.3) is 0 Å². The Bertz CT molecular complexity index is 363. The summed E-state index contributed by atoms with van der Waals surface area (Å²) < 4.78 is 26.3. The number of sulfonamides is 1. The number of ether oxygens (including phenoxy) is 1. The molecular formula is C8H12N2O3S. The van der Waals surface area contributed by atoms with E-state index in [0.717, 1.165) is 0 Å². The van der Waals surface area contributed by atoms with Crippen LogP contribution < -0.4 is 9.88 Å². The highest BCUT2D eigenvalue weighted by molar-refractivity contribution is 7.89. The molecule has 5 nitrogen and oxygen atoms in total. The molecule has 0 aliphatic rings. The quantitative estimate of drug-likeness (QED) is 0.710. The zero-order valence-corrected chi connectivity index (χ0v) is 8.40. The summed E-state index contributed by atoms with van der Waals surface area (Å²) in [7, 11) is -3.37. The monoisotopic (exact) mass is 216 g/mol. The normalized spacial score (nSPS) is 11.2. The van der Waals surface area contributed by atoms with Crippen LogP contribution in [-0.2, 0) is 10.0 Å². The SMILES string of the molecule is NS(=O)(=O)CCCOc1cccnc1. The van der Waals surface area contributed by atoms with E-state index in [1.807, 2.05) is 0 Å². The maximum atomic E-state index is 10.6. The van der Waals surface area contributed by atoms with Crippen LogP contribution >= 0.6 is 0 Å². The van der Waals surface area contributed by atoms with Gasteiger partial charge in [0.05, 0.1) is 18.6 Å². The number of aromatic nitrogens is 1. The van der Waals surface area contributed by atoms with Crippen molar-refractivity contribution in [3.05, 3.63) is 24.5 Å². The van der Waals surface area contributed by atoms with Crippen molar-refractivity contribution in [2.45, 2.75) is 6.42 Å². The van der Waals surface area contributed by atoms with Crippen molar-refractivity contribution in [2.24, 2.45) is 5.14 Å². The Balaban J connectivity index is 2.23.